The molecule has 5 nitrogen and oxygen atoms in total. The third-order valence-electron chi connectivity index (χ3n) is 2.32. The predicted molar refractivity (Wildman–Crippen MR) is 72.4 cm³/mol. The number of anilines is 2. The zero-order chi connectivity index (χ0) is 13.8. The predicted octanol–water partition coefficient (Wildman–Crippen LogP) is 3.14. The van der Waals surface area contributed by atoms with Gasteiger partial charge in [0.05, 0.1) is 22.5 Å². The lowest BCUT2D eigenvalue weighted by Gasteiger charge is -2.08. The van der Waals surface area contributed by atoms with Gasteiger partial charge in [0, 0.05) is 12.6 Å². The monoisotopic (exact) mass is 278 g/mol. The summed E-state index contributed by atoms with van der Waals surface area (Å²) in [6.45, 7) is 1.38. The summed E-state index contributed by atoms with van der Waals surface area (Å²) < 4.78 is 4.83. The van der Waals surface area contributed by atoms with Gasteiger partial charge >= 0.3 is 0 Å². The molecule has 0 radical (unpaired) electrons. The van der Waals surface area contributed by atoms with Gasteiger partial charge in [0.15, 0.2) is 0 Å². The summed E-state index contributed by atoms with van der Waals surface area (Å²) in [5.74, 6) is -0.537. The number of carbonyl (C=O) groups excluding carboxylic acids is 2. The summed E-state index contributed by atoms with van der Waals surface area (Å²) in [6.07, 6.45) is 2.76. The summed E-state index contributed by atoms with van der Waals surface area (Å²) in [7, 11) is 0. The molecular weight excluding hydrogens is 268 g/mol. The van der Waals surface area contributed by atoms with Gasteiger partial charge in [0.1, 0.15) is 6.26 Å². The Bertz CT molecular complexity index is 608. The lowest BCUT2D eigenvalue weighted by molar-refractivity contribution is -0.114. The molecule has 1 aromatic heterocycles. The number of amides is 2. The first kappa shape index (κ1) is 13.2. The minimum atomic E-state index is -0.301. The largest absolute Gasteiger partial charge is 0.472 e. The van der Waals surface area contributed by atoms with E-state index in [-0.39, 0.29) is 11.8 Å². The molecule has 1 aromatic carbocycles. The quantitative estimate of drug-likeness (QED) is 0.906. The molecule has 2 rings (SSSR count). The average Bonchev–Trinajstić information content (AvgIpc) is 2.86. The molecule has 0 bridgehead atoms. The lowest BCUT2D eigenvalue weighted by atomic mass is 10.2. The van der Waals surface area contributed by atoms with Crippen LogP contribution in [0.5, 0.6) is 0 Å². The highest BCUT2D eigenvalue weighted by atomic mass is 35.5. The van der Waals surface area contributed by atoms with Crippen LogP contribution in [0.15, 0.2) is 41.2 Å². The fourth-order valence-electron chi connectivity index (χ4n) is 1.49. The van der Waals surface area contributed by atoms with Crippen molar-refractivity contribution in [1.29, 1.82) is 0 Å². The third kappa shape index (κ3) is 3.35. The maximum absolute atomic E-state index is 11.8. The van der Waals surface area contributed by atoms with Crippen LogP contribution in [-0.4, -0.2) is 11.8 Å². The number of hydrogen-bond acceptors (Lipinski definition) is 3. The Morgan fingerprint density at radius 2 is 2.00 bits per heavy atom. The number of furan rings is 1. The van der Waals surface area contributed by atoms with E-state index in [1.54, 1.807) is 24.3 Å². The Hall–Kier alpha value is -2.27. The van der Waals surface area contributed by atoms with Crippen LogP contribution in [0.2, 0.25) is 5.02 Å². The molecule has 0 fully saturated rings. The fraction of sp³-hybridized carbons (Fsp3) is 0.0769. The molecule has 0 aliphatic carbocycles. The summed E-state index contributed by atoms with van der Waals surface area (Å²) >= 11 is 5.93. The van der Waals surface area contributed by atoms with E-state index in [2.05, 4.69) is 10.6 Å². The number of halogens is 1. The smallest absolute Gasteiger partial charge is 0.258 e. The van der Waals surface area contributed by atoms with E-state index in [0.29, 0.717) is 22.0 Å². The van der Waals surface area contributed by atoms with Gasteiger partial charge in [0.25, 0.3) is 5.91 Å². The molecule has 0 aliphatic heterocycles. The van der Waals surface area contributed by atoms with E-state index < -0.39 is 0 Å². The second kappa shape index (κ2) is 5.58. The first-order valence-electron chi connectivity index (χ1n) is 5.47. The summed E-state index contributed by atoms with van der Waals surface area (Å²) in [6, 6.07) is 6.38. The van der Waals surface area contributed by atoms with Gasteiger partial charge in [-0.1, -0.05) is 11.6 Å². The van der Waals surface area contributed by atoms with Gasteiger partial charge in [-0.2, -0.15) is 0 Å². The molecule has 98 valence electrons. The van der Waals surface area contributed by atoms with E-state index in [9.17, 15) is 9.59 Å². The van der Waals surface area contributed by atoms with Crippen molar-refractivity contribution in [2.75, 3.05) is 10.6 Å². The molecule has 0 saturated heterocycles. The minimum absolute atomic E-state index is 0.236. The highest BCUT2D eigenvalue weighted by Crippen LogP contribution is 2.25. The van der Waals surface area contributed by atoms with Crippen molar-refractivity contribution in [1.82, 2.24) is 0 Å². The molecule has 1 heterocycles. The fourth-order valence-corrected chi connectivity index (χ4v) is 1.65. The summed E-state index contributed by atoms with van der Waals surface area (Å²) in [5.41, 5.74) is 1.38. The Morgan fingerprint density at radius 1 is 1.21 bits per heavy atom. The van der Waals surface area contributed by atoms with Crippen LogP contribution in [0.3, 0.4) is 0 Å². The van der Waals surface area contributed by atoms with Crippen LogP contribution in [0, 0.1) is 0 Å². The van der Waals surface area contributed by atoms with Crippen LogP contribution in [-0.2, 0) is 4.79 Å². The maximum atomic E-state index is 11.8. The van der Waals surface area contributed by atoms with Crippen molar-refractivity contribution in [2.24, 2.45) is 0 Å². The first-order chi connectivity index (χ1) is 9.06. The second-order valence-electron chi connectivity index (χ2n) is 3.84. The standard InChI is InChI=1S/C13H11ClN2O3/c1-8(17)15-12-6-10(2-3-11(12)14)16-13(18)9-4-5-19-7-9/h2-7H,1H3,(H,15,17)(H,16,18). The molecule has 0 aliphatic rings. The van der Waals surface area contributed by atoms with Crippen LogP contribution in [0.1, 0.15) is 17.3 Å². The molecule has 0 unspecified atom stereocenters. The number of rotatable bonds is 3. The molecular formula is C13H11ClN2O3. The average molecular weight is 279 g/mol. The van der Waals surface area contributed by atoms with Gasteiger partial charge in [-0.15, -0.1) is 0 Å². The van der Waals surface area contributed by atoms with Crippen molar-refractivity contribution < 1.29 is 14.0 Å². The highest BCUT2D eigenvalue weighted by molar-refractivity contribution is 6.33. The normalized spacial score (nSPS) is 10.0. The van der Waals surface area contributed by atoms with Crippen molar-refractivity contribution in [2.45, 2.75) is 6.92 Å². The molecule has 2 N–H and O–H groups in total. The number of nitrogens with one attached hydrogen (secondary N) is 2. The Morgan fingerprint density at radius 3 is 2.63 bits per heavy atom. The maximum Gasteiger partial charge on any atom is 0.258 e. The van der Waals surface area contributed by atoms with Crippen LogP contribution < -0.4 is 10.6 Å². The molecule has 2 amide bonds. The highest BCUT2D eigenvalue weighted by Gasteiger charge is 2.09. The topological polar surface area (TPSA) is 71.3 Å². The number of hydrogen-bond donors (Lipinski definition) is 2. The van der Waals surface area contributed by atoms with Gasteiger partial charge in [-0.05, 0) is 24.3 Å². The van der Waals surface area contributed by atoms with Crippen LogP contribution in [0.25, 0.3) is 0 Å². The first-order valence-corrected chi connectivity index (χ1v) is 5.85. The second-order valence-corrected chi connectivity index (χ2v) is 4.25. The van der Waals surface area contributed by atoms with Crippen molar-refractivity contribution in [3.05, 3.63) is 47.4 Å². The molecule has 2 aromatic rings. The van der Waals surface area contributed by atoms with E-state index in [0.717, 1.165) is 0 Å². The zero-order valence-electron chi connectivity index (χ0n) is 10.1. The molecule has 0 saturated carbocycles. The molecule has 0 atom stereocenters. The summed E-state index contributed by atoms with van der Waals surface area (Å²) in [5, 5.41) is 5.66. The van der Waals surface area contributed by atoms with E-state index in [1.165, 1.54) is 19.5 Å². The van der Waals surface area contributed by atoms with E-state index >= 15 is 0 Å². The van der Waals surface area contributed by atoms with Gasteiger partial charge in [-0.25, -0.2) is 0 Å². The van der Waals surface area contributed by atoms with Crippen LogP contribution in [0.4, 0.5) is 11.4 Å². The molecule has 6 heteroatoms. The SMILES string of the molecule is CC(=O)Nc1cc(NC(=O)c2ccoc2)ccc1Cl. The number of carbonyl (C=O) groups is 2. The Labute approximate surface area is 114 Å². The van der Waals surface area contributed by atoms with Gasteiger partial charge in [-0.3, -0.25) is 9.59 Å². The molecule has 19 heavy (non-hydrogen) atoms. The summed E-state index contributed by atoms with van der Waals surface area (Å²) in [4.78, 5) is 22.8. The van der Waals surface area contributed by atoms with Crippen LogP contribution >= 0.6 is 11.6 Å². The minimum Gasteiger partial charge on any atom is -0.472 e. The van der Waals surface area contributed by atoms with Crippen molar-refractivity contribution >= 4 is 34.8 Å². The van der Waals surface area contributed by atoms with Gasteiger partial charge in [0.2, 0.25) is 5.91 Å². The van der Waals surface area contributed by atoms with Crippen molar-refractivity contribution in [3.8, 4) is 0 Å². The molecule has 0 spiro atoms. The van der Waals surface area contributed by atoms with Gasteiger partial charge < -0.3 is 15.1 Å². The third-order valence-corrected chi connectivity index (χ3v) is 2.65. The zero-order valence-corrected chi connectivity index (χ0v) is 10.8. The Balaban J connectivity index is 2.17. The van der Waals surface area contributed by atoms with E-state index in [1.807, 2.05) is 0 Å². The lowest BCUT2D eigenvalue weighted by Crippen LogP contribution is -2.12. The van der Waals surface area contributed by atoms with E-state index in [4.69, 9.17) is 16.0 Å². The Kier molecular flexibility index (Phi) is 3.87. The number of benzene rings is 1. The van der Waals surface area contributed by atoms with Crippen molar-refractivity contribution in [3.63, 3.8) is 0 Å².